The molecule has 0 saturated heterocycles. The summed E-state index contributed by atoms with van der Waals surface area (Å²) < 4.78 is 4.76. The minimum atomic E-state index is -0.462. The Morgan fingerprint density at radius 2 is 1.75 bits per heavy atom. The van der Waals surface area contributed by atoms with Gasteiger partial charge in [-0.25, -0.2) is 4.79 Å². The molecule has 1 amide bonds. The Morgan fingerprint density at radius 1 is 1.08 bits per heavy atom. The lowest BCUT2D eigenvalue weighted by Gasteiger charge is -2.16. The molecule has 2 aromatic carbocycles. The highest BCUT2D eigenvalue weighted by molar-refractivity contribution is 7.99. The van der Waals surface area contributed by atoms with Crippen LogP contribution in [0.5, 0.6) is 0 Å². The predicted octanol–water partition coefficient (Wildman–Crippen LogP) is 4.12. The first kappa shape index (κ1) is 18.1. The lowest BCUT2D eigenvalue weighted by Crippen LogP contribution is -2.25. The minimum Gasteiger partial charge on any atom is -0.465 e. The number of carbonyl (C=O) groups is 2. The molecule has 5 heteroatoms. The molecule has 0 radical (unpaired) electrons. The van der Waals surface area contributed by atoms with Gasteiger partial charge in [0.15, 0.2) is 0 Å². The molecule has 24 heavy (non-hydrogen) atoms. The van der Waals surface area contributed by atoms with Crippen molar-refractivity contribution in [2.45, 2.75) is 24.3 Å². The van der Waals surface area contributed by atoms with Crippen LogP contribution in [0.4, 0.5) is 5.69 Å². The smallest absolute Gasteiger partial charge is 0.339 e. The van der Waals surface area contributed by atoms with Crippen molar-refractivity contribution in [3.63, 3.8) is 0 Å². The van der Waals surface area contributed by atoms with Crippen LogP contribution in [0, 0.1) is 0 Å². The normalized spacial score (nSPS) is 11.6. The molecular formula is C19H21NO3S. The van der Waals surface area contributed by atoms with Crippen molar-refractivity contribution in [2.24, 2.45) is 0 Å². The second kappa shape index (κ2) is 9.13. The van der Waals surface area contributed by atoms with Crippen molar-refractivity contribution < 1.29 is 14.3 Å². The monoisotopic (exact) mass is 343 g/mol. The molecule has 0 aliphatic rings. The van der Waals surface area contributed by atoms with Gasteiger partial charge in [0.05, 0.1) is 23.6 Å². The Bertz CT molecular complexity index is 688. The molecule has 4 nitrogen and oxygen atoms in total. The Kier molecular flexibility index (Phi) is 6.88. The fourth-order valence-electron chi connectivity index (χ4n) is 2.24. The molecule has 1 atom stereocenters. The topological polar surface area (TPSA) is 55.4 Å². The van der Waals surface area contributed by atoms with Crippen LogP contribution in [0.2, 0.25) is 0 Å². The first-order chi connectivity index (χ1) is 11.7. The van der Waals surface area contributed by atoms with Gasteiger partial charge in [-0.3, -0.25) is 4.79 Å². The highest BCUT2D eigenvalue weighted by Crippen LogP contribution is 2.23. The quantitative estimate of drug-likeness (QED) is 0.768. The van der Waals surface area contributed by atoms with Gasteiger partial charge in [-0.05, 0) is 24.1 Å². The third-order valence-corrected chi connectivity index (χ3v) is 5.00. The van der Waals surface area contributed by atoms with Gasteiger partial charge in [0.2, 0.25) is 5.91 Å². The number of thioether (sulfide) groups is 1. The first-order valence-electron chi connectivity index (χ1n) is 7.79. The maximum Gasteiger partial charge on any atom is 0.339 e. The number of rotatable bonds is 7. The van der Waals surface area contributed by atoms with Crippen LogP contribution in [0.25, 0.3) is 0 Å². The SMILES string of the molecule is CCC(SCc1ccccc1)C(=O)Nc1ccccc1C(=O)OC. The maximum absolute atomic E-state index is 12.5. The zero-order valence-electron chi connectivity index (χ0n) is 13.8. The number of methoxy groups -OCH3 is 1. The molecule has 0 spiro atoms. The molecule has 0 heterocycles. The van der Waals surface area contributed by atoms with E-state index in [0.717, 1.165) is 5.75 Å². The summed E-state index contributed by atoms with van der Waals surface area (Å²) >= 11 is 1.59. The summed E-state index contributed by atoms with van der Waals surface area (Å²) in [5, 5.41) is 2.67. The summed E-state index contributed by atoms with van der Waals surface area (Å²) in [6.45, 7) is 1.98. The van der Waals surface area contributed by atoms with Gasteiger partial charge in [-0.15, -0.1) is 11.8 Å². The van der Waals surface area contributed by atoms with Crippen LogP contribution < -0.4 is 5.32 Å². The van der Waals surface area contributed by atoms with E-state index >= 15 is 0 Å². The van der Waals surface area contributed by atoms with E-state index in [1.807, 2.05) is 37.3 Å². The van der Waals surface area contributed by atoms with E-state index in [4.69, 9.17) is 4.74 Å². The summed E-state index contributed by atoms with van der Waals surface area (Å²) in [6.07, 6.45) is 0.712. The largest absolute Gasteiger partial charge is 0.465 e. The average Bonchev–Trinajstić information content (AvgIpc) is 2.63. The summed E-state index contributed by atoms with van der Waals surface area (Å²) in [5.41, 5.74) is 2.02. The second-order valence-electron chi connectivity index (χ2n) is 5.22. The van der Waals surface area contributed by atoms with Crippen LogP contribution in [0.15, 0.2) is 54.6 Å². The van der Waals surface area contributed by atoms with E-state index in [-0.39, 0.29) is 11.2 Å². The van der Waals surface area contributed by atoms with Crippen LogP contribution >= 0.6 is 11.8 Å². The Labute approximate surface area is 146 Å². The third-order valence-electron chi connectivity index (χ3n) is 3.55. The second-order valence-corrected chi connectivity index (χ2v) is 6.41. The van der Waals surface area contributed by atoms with Crippen molar-refractivity contribution >= 4 is 29.3 Å². The number of carbonyl (C=O) groups excluding carboxylic acids is 2. The summed E-state index contributed by atoms with van der Waals surface area (Å²) in [4.78, 5) is 24.3. The number of para-hydroxylation sites is 1. The summed E-state index contributed by atoms with van der Waals surface area (Å²) in [7, 11) is 1.32. The van der Waals surface area contributed by atoms with Gasteiger partial charge < -0.3 is 10.1 Å². The van der Waals surface area contributed by atoms with Crippen molar-refractivity contribution in [1.29, 1.82) is 0 Å². The molecule has 126 valence electrons. The molecule has 0 fully saturated rings. The number of hydrogen-bond donors (Lipinski definition) is 1. The first-order valence-corrected chi connectivity index (χ1v) is 8.84. The zero-order valence-corrected chi connectivity index (χ0v) is 14.6. The van der Waals surface area contributed by atoms with Gasteiger partial charge in [0.1, 0.15) is 0 Å². The fraction of sp³-hybridized carbons (Fsp3) is 0.263. The van der Waals surface area contributed by atoms with Crippen LogP contribution in [-0.4, -0.2) is 24.2 Å². The van der Waals surface area contributed by atoms with Gasteiger partial charge in [0.25, 0.3) is 0 Å². The molecule has 0 aliphatic heterocycles. The Morgan fingerprint density at radius 3 is 2.42 bits per heavy atom. The van der Waals surface area contributed by atoms with E-state index in [9.17, 15) is 9.59 Å². The molecular weight excluding hydrogens is 322 g/mol. The Hall–Kier alpha value is -2.27. The van der Waals surface area contributed by atoms with Crippen LogP contribution in [0.3, 0.4) is 0 Å². The van der Waals surface area contributed by atoms with E-state index < -0.39 is 5.97 Å². The number of ether oxygens (including phenoxy) is 1. The molecule has 0 aromatic heterocycles. The number of anilines is 1. The number of hydrogen-bond acceptors (Lipinski definition) is 4. The standard InChI is InChI=1S/C19H21NO3S/c1-3-17(24-13-14-9-5-4-6-10-14)18(21)20-16-12-8-7-11-15(16)19(22)23-2/h4-12,17H,3,13H2,1-2H3,(H,20,21). The molecule has 0 saturated carbocycles. The molecule has 0 bridgehead atoms. The average molecular weight is 343 g/mol. The predicted molar refractivity (Wildman–Crippen MR) is 98.2 cm³/mol. The highest BCUT2D eigenvalue weighted by atomic mass is 32.2. The van der Waals surface area contributed by atoms with Gasteiger partial charge in [0, 0.05) is 5.75 Å². The van der Waals surface area contributed by atoms with Crippen molar-refractivity contribution in [3.8, 4) is 0 Å². The van der Waals surface area contributed by atoms with Crippen LogP contribution in [-0.2, 0) is 15.3 Å². The summed E-state index contributed by atoms with van der Waals surface area (Å²) in [5.74, 6) is 0.205. The number of amides is 1. The van der Waals surface area contributed by atoms with E-state index in [2.05, 4.69) is 5.32 Å². The van der Waals surface area contributed by atoms with Crippen molar-refractivity contribution in [2.75, 3.05) is 12.4 Å². The highest BCUT2D eigenvalue weighted by Gasteiger charge is 2.20. The number of esters is 1. The van der Waals surface area contributed by atoms with Crippen molar-refractivity contribution in [1.82, 2.24) is 0 Å². The van der Waals surface area contributed by atoms with Gasteiger partial charge >= 0.3 is 5.97 Å². The lowest BCUT2D eigenvalue weighted by atomic mass is 10.1. The Balaban J connectivity index is 2.03. The molecule has 2 rings (SSSR count). The van der Waals surface area contributed by atoms with E-state index in [0.29, 0.717) is 17.7 Å². The maximum atomic E-state index is 12.5. The lowest BCUT2D eigenvalue weighted by molar-refractivity contribution is -0.115. The third kappa shape index (κ3) is 4.86. The van der Waals surface area contributed by atoms with Crippen LogP contribution in [0.1, 0.15) is 29.3 Å². The molecule has 2 aromatic rings. The van der Waals surface area contributed by atoms with Gasteiger partial charge in [-0.2, -0.15) is 0 Å². The van der Waals surface area contributed by atoms with Gasteiger partial charge in [-0.1, -0.05) is 49.4 Å². The fourth-order valence-corrected chi connectivity index (χ4v) is 3.28. The zero-order chi connectivity index (χ0) is 17.4. The summed E-state index contributed by atoms with van der Waals surface area (Å²) in [6, 6.07) is 16.9. The van der Waals surface area contributed by atoms with E-state index in [1.165, 1.54) is 12.7 Å². The van der Waals surface area contributed by atoms with Crippen molar-refractivity contribution in [3.05, 3.63) is 65.7 Å². The minimum absolute atomic E-state index is 0.102. The molecule has 0 aliphatic carbocycles. The number of nitrogens with one attached hydrogen (secondary N) is 1. The molecule has 1 unspecified atom stereocenters. The number of benzene rings is 2. The molecule has 1 N–H and O–H groups in total. The van der Waals surface area contributed by atoms with E-state index in [1.54, 1.807) is 36.0 Å².